The van der Waals surface area contributed by atoms with Crippen LogP contribution >= 0.6 is 0 Å². The van der Waals surface area contributed by atoms with Gasteiger partial charge in [-0.1, -0.05) is 41.0 Å². The van der Waals surface area contributed by atoms with E-state index >= 15 is 0 Å². The monoisotopic (exact) mass is 472 g/mol. The third kappa shape index (κ3) is 2.18. The van der Waals surface area contributed by atoms with E-state index in [2.05, 4.69) is 34.6 Å². The fraction of sp³-hybridized carbons (Fsp3) is 1.00. The molecule has 2 aliphatic heterocycles. The standard InChI is InChI=1S/C30H48O4/c1-17-15-18-22(25(4,5)32)34-30(33-18)21(17)26(6)13-14-29-16-28(29)12-8-11-24(2,3)19(28)9-10-20(29)27(26,7)23(30)31/h17-23,31-32H,8-16H2,1-7H3/t17?,18?,19?,20?,21?,22-,23+,26+,27+,28+,29-,30?/m0/s1. The second-order valence-electron chi connectivity index (χ2n) is 15.9. The van der Waals surface area contributed by atoms with E-state index in [4.69, 9.17) is 9.47 Å². The van der Waals surface area contributed by atoms with Crippen molar-refractivity contribution >= 4 is 0 Å². The summed E-state index contributed by atoms with van der Waals surface area (Å²) in [6.07, 6.45) is 10.4. The van der Waals surface area contributed by atoms with Gasteiger partial charge in [0.25, 0.3) is 0 Å². The molecule has 0 aromatic carbocycles. The van der Waals surface area contributed by atoms with Crippen LogP contribution in [-0.4, -0.2) is 39.9 Å². The van der Waals surface area contributed by atoms with Crippen LogP contribution < -0.4 is 0 Å². The molecule has 5 saturated carbocycles. The zero-order chi connectivity index (χ0) is 24.3. The van der Waals surface area contributed by atoms with Crippen molar-refractivity contribution in [2.24, 2.45) is 50.7 Å². The second kappa shape index (κ2) is 6.11. The molecule has 6 unspecified atom stereocenters. The summed E-state index contributed by atoms with van der Waals surface area (Å²) in [4.78, 5) is 0. The number of aliphatic hydroxyl groups excluding tert-OH is 1. The fourth-order valence-corrected chi connectivity index (χ4v) is 12.8. The lowest BCUT2D eigenvalue weighted by atomic mass is 9.41. The number of rotatable bonds is 1. The maximum atomic E-state index is 12.5. The predicted molar refractivity (Wildman–Crippen MR) is 131 cm³/mol. The normalized spacial score (nSPS) is 63.3. The van der Waals surface area contributed by atoms with Crippen molar-refractivity contribution in [1.82, 2.24) is 0 Å². The van der Waals surface area contributed by atoms with Crippen molar-refractivity contribution in [1.29, 1.82) is 0 Å². The maximum absolute atomic E-state index is 12.5. The van der Waals surface area contributed by atoms with E-state index in [-0.39, 0.29) is 29.0 Å². The molecule has 4 heteroatoms. The lowest BCUT2D eigenvalue weighted by Gasteiger charge is -2.63. The molecule has 2 bridgehead atoms. The van der Waals surface area contributed by atoms with Crippen LogP contribution in [0.5, 0.6) is 0 Å². The fourth-order valence-electron chi connectivity index (χ4n) is 12.8. The lowest BCUT2D eigenvalue weighted by Crippen LogP contribution is -2.59. The minimum absolute atomic E-state index is 0.0119. The maximum Gasteiger partial charge on any atom is 0.199 e. The van der Waals surface area contributed by atoms with Gasteiger partial charge in [0.05, 0.1) is 11.7 Å². The van der Waals surface area contributed by atoms with Gasteiger partial charge in [-0.25, -0.2) is 0 Å². The number of hydrogen-bond donors (Lipinski definition) is 2. The number of fused-ring (bicyclic) bond motifs is 4. The summed E-state index contributed by atoms with van der Waals surface area (Å²) in [6, 6.07) is 0. The Morgan fingerprint density at radius 2 is 1.56 bits per heavy atom. The van der Waals surface area contributed by atoms with Crippen molar-refractivity contribution < 1.29 is 19.7 Å². The van der Waals surface area contributed by atoms with E-state index < -0.39 is 17.5 Å². The van der Waals surface area contributed by atoms with Crippen LogP contribution in [0.25, 0.3) is 0 Å². The van der Waals surface area contributed by atoms with Crippen molar-refractivity contribution in [3.05, 3.63) is 0 Å². The number of ether oxygens (including phenoxy) is 2. The summed E-state index contributed by atoms with van der Waals surface area (Å²) >= 11 is 0. The van der Waals surface area contributed by atoms with Gasteiger partial charge >= 0.3 is 0 Å². The van der Waals surface area contributed by atoms with Gasteiger partial charge in [0.2, 0.25) is 0 Å². The summed E-state index contributed by atoms with van der Waals surface area (Å²) in [5.41, 5.74) is 0.157. The van der Waals surface area contributed by atoms with Crippen molar-refractivity contribution in [3.8, 4) is 0 Å². The van der Waals surface area contributed by atoms with Gasteiger partial charge in [-0.15, -0.1) is 0 Å². The molecule has 0 radical (unpaired) electrons. The highest BCUT2D eigenvalue weighted by Gasteiger charge is 2.87. The van der Waals surface area contributed by atoms with Crippen LogP contribution in [0.3, 0.4) is 0 Å². The Balaban J connectivity index is 1.34. The highest BCUT2D eigenvalue weighted by molar-refractivity contribution is 5.34. The molecule has 2 heterocycles. The Morgan fingerprint density at radius 1 is 0.882 bits per heavy atom. The van der Waals surface area contributed by atoms with Crippen molar-refractivity contribution in [2.75, 3.05) is 0 Å². The third-order valence-corrected chi connectivity index (χ3v) is 13.9. The lowest BCUT2D eigenvalue weighted by molar-refractivity contribution is -0.282. The van der Waals surface area contributed by atoms with E-state index in [1.165, 1.54) is 51.4 Å². The van der Waals surface area contributed by atoms with Crippen LogP contribution in [0.1, 0.15) is 106 Å². The molecular formula is C30H48O4. The predicted octanol–water partition coefficient (Wildman–Crippen LogP) is 5.69. The largest absolute Gasteiger partial charge is 0.388 e. The molecule has 4 nitrogen and oxygen atoms in total. The van der Waals surface area contributed by atoms with Gasteiger partial charge in [0.15, 0.2) is 5.79 Å². The molecule has 34 heavy (non-hydrogen) atoms. The first-order chi connectivity index (χ1) is 15.7. The molecule has 2 saturated heterocycles. The zero-order valence-electron chi connectivity index (χ0n) is 22.6. The van der Waals surface area contributed by atoms with E-state index in [1.54, 1.807) is 0 Å². The van der Waals surface area contributed by atoms with Gasteiger partial charge in [-0.2, -0.15) is 0 Å². The summed E-state index contributed by atoms with van der Waals surface area (Å²) in [5.74, 6) is 1.01. The second-order valence-corrected chi connectivity index (χ2v) is 15.9. The van der Waals surface area contributed by atoms with Gasteiger partial charge in [0.1, 0.15) is 12.2 Å². The molecule has 0 aromatic heterocycles. The number of hydrogen-bond acceptors (Lipinski definition) is 4. The molecule has 7 rings (SSSR count). The number of aliphatic hydroxyl groups is 2. The average molecular weight is 473 g/mol. The topological polar surface area (TPSA) is 58.9 Å². The smallest absolute Gasteiger partial charge is 0.199 e. The van der Waals surface area contributed by atoms with Crippen LogP contribution in [0.4, 0.5) is 0 Å². The summed E-state index contributed by atoms with van der Waals surface area (Å²) in [6.45, 7) is 16.0. The van der Waals surface area contributed by atoms with E-state index in [1.807, 2.05) is 13.8 Å². The molecule has 2 N–H and O–H groups in total. The molecule has 7 aliphatic rings. The van der Waals surface area contributed by atoms with Crippen LogP contribution in [0.15, 0.2) is 0 Å². The molecule has 12 atom stereocenters. The summed E-state index contributed by atoms with van der Waals surface area (Å²) in [5, 5.41) is 23.4. The van der Waals surface area contributed by atoms with Crippen LogP contribution in [0, 0.1) is 50.7 Å². The Kier molecular flexibility index (Phi) is 4.13. The molecular weight excluding hydrogens is 424 g/mol. The SMILES string of the molecule is CC1CC2OC3(O[C@@H]2C(C)(C)O)C1[C@@]1(C)CC[C@@]24C[C@@]25CCCC(C)(C)C5CCC4[C@]1(C)[C@H]3O. The minimum atomic E-state index is -0.981. The third-order valence-electron chi connectivity index (χ3n) is 13.9. The average Bonchev–Trinajstić information content (AvgIpc) is 3.23. The van der Waals surface area contributed by atoms with Crippen LogP contribution in [-0.2, 0) is 9.47 Å². The first kappa shape index (κ1) is 23.0. The Bertz CT molecular complexity index is 923. The van der Waals surface area contributed by atoms with E-state index in [0.717, 1.165) is 12.3 Å². The van der Waals surface area contributed by atoms with Gasteiger partial charge < -0.3 is 19.7 Å². The molecule has 3 spiro atoms. The minimum Gasteiger partial charge on any atom is -0.388 e. The van der Waals surface area contributed by atoms with E-state index in [9.17, 15) is 10.2 Å². The Morgan fingerprint density at radius 3 is 2.26 bits per heavy atom. The Hall–Kier alpha value is -0.160. The summed E-state index contributed by atoms with van der Waals surface area (Å²) in [7, 11) is 0. The zero-order valence-corrected chi connectivity index (χ0v) is 22.6. The van der Waals surface area contributed by atoms with Crippen LogP contribution in [0.2, 0.25) is 0 Å². The molecule has 5 aliphatic carbocycles. The van der Waals surface area contributed by atoms with Gasteiger partial charge in [0, 0.05) is 11.3 Å². The van der Waals surface area contributed by atoms with Gasteiger partial charge in [-0.3, -0.25) is 0 Å². The quantitative estimate of drug-likeness (QED) is 0.515. The van der Waals surface area contributed by atoms with E-state index in [0.29, 0.717) is 28.1 Å². The van der Waals surface area contributed by atoms with Gasteiger partial charge in [-0.05, 0) is 105 Å². The van der Waals surface area contributed by atoms with Crippen molar-refractivity contribution in [3.63, 3.8) is 0 Å². The molecule has 7 fully saturated rings. The molecule has 192 valence electrons. The Labute approximate surface area is 206 Å². The first-order valence-corrected chi connectivity index (χ1v) is 14.5. The van der Waals surface area contributed by atoms with Crippen molar-refractivity contribution in [2.45, 2.75) is 136 Å². The highest BCUT2D eigenvalue weighted by atomic mass is 16.8. The molecule has 0 amide bonds. The first-order valence-electron chi connectivity index (χ1n) is 14.5. The molecule has 0 aromatic rings. The highest BCUT2D eigenvalue weighted by Crippen LogP contribution is 2.90. The summed E-state index contributed by atoms with van der Waals surface area (Å²) < 4.78 is 13.6.